The third kappa shape index (κ3) is 5.46. The minimum Gasteiger partial charge on any atom is -0.324 e. The van der Waals surface area contributed by atoms with Crippen LogP contribution in [0.25, 0.3) is 0 Å². The third-order valence-corrected chi connectivity index (χ3v) is 4.84. The van der Waals surface area contributed by atoms with Crippen LogP contribution in [0.15, 0.2) is 42.5 Å². The van der Waals surface area contributed by atoms with Crippen molar-refractivity contribution < 1.29 is 9.59 Å². The van der Waals surface area contributed by atoms with E-state index < -0.39 is 6.04 Å². The normalized spacial score (nSPS) is 11.6. The zero-order valence-corrected chi connectivity index (χ0v) is 17.0. The fourth-order valence-corrected chi connectivity index (χ4v) is 3.09. The molecule has 0 aromatic heterocycles. The molecule has 2 amide bonds. The summed E-state index contributed by atoms with van der Waals surface area (Å²) in [6.07, 6.45) is 0. The lowest BCUT2D eigenvalue weighted by Gasteiger charge is -2.26. The van der Waals surface area contributed by atoms with Crippen LogP contribution in [0, 0.1) is 11.3 Å². The van der Waals surface area contributed by atoms with Crippen LogP contribution in [-0.4, -0.2) is 35.8 Å². The van der Waals surface area contributed by atoms with Crippen molar-refractivity contribution in [2.24, 2.45) is 0 Å². The van der Waals surface area contributed by atoms with Gasteiger partial charge in [-0.05, 0) is 37.7 Å². The fourth-order valence-electron chi connectivity index (χ4n) is 2.60. The summed E-state index contributed by atoms with van der Waals surface area (Å²) in [5, 5.41) is 15.2. The standard InChI is InChI=1S/C20H20Cl2N4O2/c1-3-26(12-18(27)25-19-15(21)8-6-9-16(19)22)13(2)20(28)24-17-10-5-4-7-14(17)11-23/h4-10,13H,3,12H2,1-2H3,(H,24,28)(H,25,27). The molecule has 8 heteroatoms. The largest absolute Gasteiger partial charge is 0.324 e. The number of likely N-dealkylation sites (N-methyl/N-ethyl adjacent to an activating group) is 1. The first-order valence-electron chi connectivity index (χ1n) is 8.65. The Morgan fingerprint density at radius 1 is 1.11 bits per heavy atom. The summed E-state index contributed by atoms with van der Waals surface area (Å²) in [5.74, 6) is -0.651. The molecular formula is C20H20Cl2N4O2. The number of nitriles is 1. The van der Waals surface area contributed by atoms with Gasteiger partial charge in [-0.15, -0.1) is 0 Å². The summed E-state index contributed by atoms with van der Waals surface area (Å²) in [6, 6.07) is 13.1. The zero-order valence-electron chi connectivity index (χ0n) is 15.5. The third-order valence-electron chi connectivity index (χ3n) is 4.21. The molecule has 2 N–H and O–H groups in total. The first-order chi connectivity index (χ1) is 13.4. The molecular weight excluding hydrogens is 399 g/mol. The second-order valence-electron chi connectivity index (χ2n) is 6.03. The molecule has 1 unspecified atom stereocenters. The van der Waals surface area contributed by atoms with E-state index in [1.54, 1.807) is 54.3 Å². The van der Waals surface area contributed by atoms with Gasteiger partial charge in [0.1, 0.15) is 6.07 Å². The molecule has 28 heavy (non-hydrogen) atoms. The van der Waals surface area contributed by atoms with Crippen molar-refractivity contribution in [1.29, 1.82) is 5.26 Å². The molecule has 1 atom stereocenters. The second kappa shape index (κ2) is 10.1. The minimum atomic E-state index is -0.593. The molecule has 0 aliphatic carbocycles. The Morgan fingerprint density at radius 2 is 1.75 bits per heavy atom. The number of hydrogen-bond donors (Lipinski definition) is 2. The Morgan fingerprint density at radius 3 is 2.36 bits per heavy atom. The van der Waals surface area contributed by atoms with Gasteiger partial charge in [-0.25, -0.2) is 0 Å². The number of rotatable bonds is 7. The van der Waals surface area contributed by atoms with E-state index in [1.807, 2.05) is 13.0 Å². The Hall–Kier alpha value is -2.59. The highest BCUT2D eigenvalue weighted by Crippen LogP contribution is 2.29. The first-order valence-corrected chi connectivity index (χ1v) is 9.40. The maximum Gasteiger partial charge on any atom is 0.241 e. The summed E-state index contributed by atoms with van der Waals surface area (Å²) in [6.45, 7) is 4.00. The maximum atomic E-state index is 12.6. The number of carbonyl (C=O) groups is 2. The Bertz CT molecular complexity index is 891. The molecule has 0 spiro atoms. The van der Waals surface area contributed by atoms with Crippen molar-refractivity contribution in [3.05, 3.63) is 58.1 Å². The molecule has 6 nitrogen and oxygen atoms in total. The number of carbonyl (C=O) groups excluding carboxylic acids is 2. The van der Waals surface area contributed by atoms with E-state index in [-0.39, 0.29) is 18.4 Å². The lowest BCUT2D eigenvalue weighted by molar-refractivity contribution is -0.123. The molecule has 0 aliphatic rings. The van der Waals surface area contributed by atoms with E-state index in [9.17, 15) is 9.59 Å². The zero-order chi connectivity index (χ0) is 20.7. The highest BCUT2D eigenvalue weighted by molar-refractivity contribution is 6.39. The van der Waals surface area contributed by atoms with Crippen LogP contribution in [0.2, 0.25) is 10.0 Å². The topological polar surface area (TPSA) is 85.2 Å². The number of halogens is 2. The molecule has 2 aromatic carbocycles. The number of benzene rings is 2. The first kappa shape index (κ1) is 21.7. The van der Waals surface area contributed by atoms with E-state index >= 15 is 0 Å². The number of amides is 2. The van der Waals surface area contributed by atoms with Gasteiger partial charge >= 0.3 is 0 Å². The van der Waals surface area contributed by atoms with Crippen LogP contribution in [-0.2, 0) is 9.59 Å². The van der Waals surface area contributed by atoms with Crippen LogP contribution in [0.3, 0.4) is 0 Å². The Balaban J connectivity index is 2.04. The molecule has 146 valence electrons. The lowest BCUT2D eigenvalue weighted by atomic mass is 10.1. The van der Waals surface area contributed by atoms with Crippen molar-refractivity contribution in [3.8, 4) is 6.07 Å². The number of anilines is 2. The van der Waals surface area contributed by atoms with Crippen molar-refractivity contribution >= 4 is 46.4 Å². The molecule has 2 rings (SSSR count). The van der Waals surface area contributed by atoms with Gasteiger partial charge in [-0.2, -0.15) is 5.26 Å². The molecule has 0 radical (unpaired) electrons. The molecule has 0 fully saturated rings. The SMILES string of the molecule is CCN(CC(=O)Nc1c(Cl)cccc1Cl)C(C)C(=O)Nc1ccccc1C#N. The number of para-hydroxylation sites is 2. The quantitative estimate of drug-likeness (QED) is 0.706. The molecule has 0 saturated carbocycles. The Kier molecular flexibility index (Phi) is 7.82. The summed E-state index contributed by atoms with van der Waals surface area (Å²) in [4.78, 5) is 26.7. The van der Waals surface area contributed by atoms with Gasteiger partial charge in [0, 0.05) is 0 Å². The summed E-state index contributed by atoms with van der Waals surface area (Å²) in [7, 11) is 0. The van der Waals surface area contributed by atoms with Gasteiger partial charge in [0.15, 0.2) is 0 Å². The highest BCUT2D eigenvalue weighted by Gasteiger charge is 2.23. The van der Waals surface area contributed by atoms with E-state index in [0.717, 1.165) is 0 Å². The monoisotopic (exact) mass is 418 g/mol. The molecule has 0 aliphatic heterocycles. The summed E-state index contributed by atoms with van der Waals surface area (Å²) in [5.41, 5.74) is 1.15. The van der Waals surface area contributed by atoms with Crippen molar-refractivity contribution in [3.63, 3.8) is 0 Å². The van der Waals surface area contributed by atoms with Gasteiger partial charge < -0.3 is 10.6 Å². The minimum absolute atomic E-state index is 0.0213. The maximum absolute atomic E-state index is 12.6. The number of nitrogens with zero attached hydrogens (tertiary/aromatic N) is 2. The van der Waals surface area contributed by atoms with Crippen LogP contribution >= 0.6 is 23.2 Å². The van der Waals surface area contributed by atoms with E-state index in [0.29, 0.717) is 33.5 Å². The lowest BCUT2D eigenvalue weighted by Crippen LogP contribution is -2.45. The Labute approximate surface area is 174 Å². The predicted molar refractivity (Wildman–Crippen MR) is 112 cm³/mol. The van der Waals surface area contributed by atoms with Crippen LogP contribution in [0.1, 0.15) is 19.4 Å². The smallest absolute Gasteiger partial charge is 0.241 e. The van der Waals surface area contributed by atoms with Gasteiger partial charge in [-0.3, -0.25) is 14.5 Å². The number of hydrogen-bond acceptors (Lipinski definition) is 4. The van der Waals surface area contributed by atoms with Crippen molar-refractivity contribution in [1.82, 2.24) is 4.90 Å². The van der Waals surface area contributed by atoms with Gasteiger partial charge in [-0.1, -0.05) is 48.3 Å². The fraction of sp³-hybridized carbons (Fsp3) is 0.250. The van der Waals surface area contributed by atoms with E-state index in [1.165, 1.54) is 0 Å². The summed E-state index contributed by atoms with van der Waals surface area (Å²) >= 11 is 12.1. The average Bonchev–Trinajstić information content (AvgIpc) is 2.69. The van der Waals surface area contributed by atoms with Crippen LogP contribution in [0.5, 0.6) is 0 Å². The molecule has 0 saturated heterocycles. The van der Waals surface area contributed by atoms with Crippen molar-refractivity contribution in [2.75, 3.05) is 23.7 Å². The molecule has 2 aromatic rings. The van der Waals surface area contributed by atoms with Crippen LogP contribution < -0.4 is 10.6 Å². The van der Waals surface area contributed by atoms with Crippen molar-refractivity contribution in [2.45, 2.75) is 19.9 Å². The van der Waals surface area contributed by atoms with E-state index in [2.05, 4.69) is 10.6 Å². The summed E-state index contributed by atoms with van der Waals surface area (Å²) < 4.78 is 0. The highest BCUT2D eigenvalue weighted by atomic mass is 35.5. The molecule has 0 bridgehead atoms. The second-order valence-corrected chi connectivity index (χ2v) is 6.84. The van der Waals surface area contributed by atoms with E-state index in [4.69, 9.17) is 28.5 Å². The molecule has 0 heterocycles. The van der Waals surface area contributed by atoms with Crippen LogP contribution in [0.4, 0.5) is 11.4 Å². The van der Waals surface area contributed by atoms with Gasteiger partial charge in [0.2, 0.25) is 11.8 Å². The average molecular weight is 419 g/mol. The number of nitrogens with one attached hydrogen (secondary N) is 2. The van der Waals surface area contributed by atoms with Gasteiger partial charge in [0.05, 0.1) is 39.6 Å². The van der Waals surface area contributed by atoms with Gasteiger partial charge in [0.25, 0.3) is 0 Å². The predicted octanol–water partition coefficient (Wildman–Crippen LogP) is 4.15.